The quantitative estimate of drug-likeness (QED) is 0.658. The minimum absolute atomic E-state index is 0.0821. The van der Waals surface area contributed by atoms with Crippen molar-refractivity contribution >= 4 is 21.6 Å². The summed E-state index contributed by atoms with van der Waals surface area (Å²) in [5.41, 5.74) is 1.72. The van der Waals surface area contributed by atoms with Gasteiger partial charge in [-0.05, 0) is 55.0 Å². The summed E-state index contributed by atoms with van der Waals surface area (Å²) in [4.78, 5) is 15.7. The zero-order valence-electron chi connectivity index (χ0n) is 15.6. The van der Waals surface area contributed by atoms with Gasteiger partial charge in [-0.25, -0.2) is 8.42 Å². The Bertz CT molecular complexity index is 1050. The monoisotopic (exact) mass is 399 g/mol. The molecule has 0 radical (unpaired) electrons. The third-order valence-electron chi connectivity index (χ3n) is 4.09. The van der Waals surface area contributed by atoms with Crippen LogP contribution in [-0.4, -0.2) is 23.6 Å². The number of rotatable bonds is 7. The van der Waals surface area contributed by atoms with Crippen LogP contribution >= 0.6 is 0 Å². The minimum atomic E-state index is -3.83. The average molecular weight is 399 g/mol. The number of furan rings is 1. The lowest BCUT2D eigenvalue weighted by Crippen LogP contribution is -2.31. The van der Waals surface area contributed by atoms with E-state index in [0.29, 0.717) is 22.7 Å². The van der Waals surface area contributed by atoms with Gasteiger partial charge in [0.25, 0.3) is 0 Å². The van der Waals surface area contributed by atoms with Crippen molar-refractivity contribution in [3.8, 4) is 0 Å². The maximum Gasteiger partial charge on any atom is 0.244 e. The summed E-state index contributed by atoms with van der Waals surface area (Å²) in [7, 11) is -3.83. The summed E-state index contributed by atoms with van der Waals surface area (Å²) < 4.78 is 33.5. The van der Waals surface area contributed by atoms with Crippen LogP contribution in [0.4, 0.5) is 5.69 Å². The third kappa shape index (κ3) is 4.65. The number of hydrogen-bond donors (Lipinski definition) is 1. The van der Waals surface area contributed by atoms with E-state index in [0.717, 1.165) is 0 Å². The van der Waals surface area contributed by atoms with E-state index in [9.17, 15) is 13.2 Å². The van der Waals surface area contributed by atoms with Gasteiger partial charge >= 0.3 is 0 Å². The highest BCUT2D eigenvalue weighted by Gasteiger charge is 2.27. The molecule has 1 amide bonds. The van der Waals surface area contributed by atoms with E-state index in [4.69, 9.17) is 4.42 Å². The van der Waals surface area contributed by atoms with E-state index in [1.54, 1.807) is 49.5 Å². The molecule has 0 aliphatic rings. The van der Waals surface area contributed by atoms with Gasteiger partial charge in [0.1, 0.15) is 5.76 Å². The molecule has 0 aliphatic carbocycles. The second-order valence-corrected chi connectivity index (χ2v) is 8.24. The van der Waals surface area contributed by atoms with E-state index in [1.165, 1.54) is 23.6 Å². The molecule has 0 aliphatic heterocycles. The Labute approximate surface area is 164 Å². The number of nitrogens with one attached hydrogen (secondary N) is 1. The van der Waals surface area contributed by atoms with Crippen LogP contribution in [0.1, 0.15) is 23.9 Å². The van der Waals surface area contributed by atoms with E-state index >= 15 is 0 Å². The first-order chi connectivity index (χ1) is 13.4. The molecule has 0 saturated heterocycles. The van der Waals surface area contributed by atoms with Crippen LogP contribution in [-0.2, 0) is 27.9 Å². The summed E-state index contributed by atoms with van der Waals surface area (Å²) in [5.74, 6) is 0.316. The molecule has 1 N–H and O–H groups in total. The van der Waals surface area contributed by atoms with Crippen molar-refractivity contribution in [2.24, 2.45) is 0 Å². The van der Waals surface area contributed by atoms with E-state index in [1.807, 2.05) is 6.07 Å². The number of amides is 1. The van der Waals surface area contributed by atoms with Crippen LogP contribution in [0.25, 0.3) is 0 Å². The predicted octanol–water partition coefficient (Wildman–Crippen LogP) is 3.33. The molecule has 0 atom stereocenters. The van der Waals surface area contributed by atoms with Gasteiger partial charge in [0.2, 0.25) is 15.9 Å². The van der Waals surface area contributed by atoms with Crippen molar-refractivity contribution < 1.29 is 17.6 Å². The second kappa shape index (κ2) is 8.37. The van der Waals surface area contributed by atoms with E-state index < -0.39 is 10.0 Å². The Balaban J connectivity index is 1.96. The van der Waals surface area contributed by atoms with Crippen molar-refractivity contribution in [3.05, 3.63) is 78.0 Å². The van der Waals surface area contributed by atoms with Gasteiger partial charge < -0.3 is 9.73 Å². The molecule has 0 spiro atoms. The highest BCUT2D eigenvalue weighted by Crippen LogP contribution is 2.26. The molecule has 0 saturated carbocycles. The topological polar surface area (TPSA) is 92.5 Å². The summed E-state index contributed by atoms with van der Waals surface area (Å²) >= 11 is 0. The first-order valence-electron chi connectivity index (χ1n) is 8.67. The fourth-order valence-corrected chi connectivity index (χ4v) is 4.42. The number of benzene rings is 1. The number of pyridine rings is 1. The van der Waals surface area contributed by atoms with Crippen LogP contribution in [0.15, 0.2) is 70.3 Å². The average Bonchev–Trinajstić information content (AvgIpc) is 3.14. The molecule has 28 heavy (non-hydrogen) atoms. The number of aryl methyl sites for hydroxylation is 1. The lowest BCUT2D eigenvalue weighted by molar-refractivity contribution is -0.114. The van der Waals surface area contributed by atoms with E-state index in [2.05, 4.69) is 10.3 Å². The maximum absolute atomic E-state index is 13.4. The molecule has 0 unspecified atom stereocenters. The molecule has 2 heterocycles. The highest BCUT2D eigenvalue weighted by molar-refractivity contribution is 7.89. The van der Waals surface area contributed by atoms with Gasteiger partial charge in [-0.3, -0.25) is 9.78 Å². The molecule has 2 aromatic heterocycles. The van der Waals surface area contributed by atoms with Gasteiger partial charge in [0.15, 0.2) is 0 Å². The fourth-order valence-electron chi connectivity index (χ4n) is 2.83. The van der Waals surface area contributed by atoms with Gasteiger partial charge in [-0.1, -0.05) is 6.07 Å². The van der Waals surface area contributed by atoms with Crippen LogP contribution < -0.4 is 5.32 Å². The zero-order chi connectivity index (χ0) is 20.1. The molecule has 1 aromatic carbocycles. The molecule has 3 rings (SSSR count). The van der Waals surface area contributed by atoms with Crippen molar-refractivity contribution in [2.45, 2.75) is 31.8 Å². The largest absolute Gasteiger partial charge is 0.468 e. The molecule has 0 bridgehead atoms. The number of nitrogens with zero attached hydrogens (tertiary/aromatic N) is 2. The Morgan fingerprint density at radius 1 is 1.14 bits per heavy atom. The number of anilines is 1. The van der Waals surface area contributed by atoms with Crippen molar-refractivity contribution in [3.63, 3.8) is 0 Å². The fraction of sp³-hybridized carbons (Fsp3) is 0.200. The minimum Gasteiger partial charge on any atom is -0.468 e. The van der Waals surface area contributed by atoms with Gasteiger partial charge in [-0.15, -0.1) is 0 Å². The number of carbonyl (C=O) groups is 1. The van der Waals surface area contributed by atoms with Gasteiger partial charge in [0.05, 0.1) is 29.9 Å². The number of carbonyl (C=O) groups excluding carboxylic acids is 1. The Morgan fingerprint density at radius 2 is 1.96 bits per heavy atom. The molecule has 146 valence electrons. The summed E-state index contributed by atoms with van der Waals surface area (Å²) in [6.45, 7) is 3.29. The summed E-state index contributed by atoms with van der Waals surface area (Å²) in [6, 6.07) is 13.5. The SMILES string of the molecule is CC(=O)Nc1ccc(S(=O)(=O)N(Cc2ccccn2)Cc2ccco2)c(C)c1. The van der Waals surface area contributed by atoms with Crippen molar-refractivity contribution in [2.75, 3.05) is 5.32 Å². The first kappa shape index (κ1) is 19.8. The van der Waals surface area contributed by atoms with Crippen molar-refractivity contribution in [1.82, 2.24) is 9.29 Å². The number of aromatic nitrogens is 1. The standard InChI is InChI=1S/C20H21N3O4S/c1-15-12-17(22-16(2)24)8-9-20(15)28(25,26)23(14-19-7-5-11-27-19)13-18-6-3-4-10-21-18/h3-12H,13-14H2,1-2H3,(H,22,24). The summed E-state index contributed by atoms with van der Waals surface area (Å²) in [6.07, 6.45) is 3.13. The summed E-state index contributed by atoms with van der Waals surface area (Å²) in [5, 5.41) is 2.66. The normalized spacial score (nSPS) is 11.5. The number of hydrogen-bond acceptors (Lipinski definition) is 5. The molecule has 8 heteroatoms. The molecule has 0 fully saturated rings. The van der Waals surface area contributed by atoms with Crippen LogP contribution in [0.3, 0.4) is 0 Å². The van der Waals surface area contributed by atoms with Crippen LogP contribution in [0.2, 0.25) is 0 Å². The smallest absolute Gasteiger partial charge is 0.244 e. The number of sulfonamides is 1. The molecular formula is C20H21N3O4S. The second-order valence-electron chi connectivity index (χ2n) is 6.34. The maximum atomic E-state index is 13.4. The Morgan fingerprint density at radius 3 is 2.57 bits per heavy atom. The molecule has 7 nitrogen and oxygen atoms in total. The third-order valence-corrected chi connectivity index (χ3v) is 6.04. The van der Waals surface area contributed by atoms with Gasteiger partial charge in [0, 0.05) is 18.8 Å². The lowest BCUT2D eigenvalue weighted by atomic mass is 10.2. The molecular weight excluding hydrogens is 378 g/mol. The van der Waals surface area contributed by atoms with Gasteiger partial charge in [-0.2, -0.15) is 4.31 Å². The lowest BCUT2D eigenvalue weighted by Gasteiger charge is -2.22. The highest BCUT2D eigenvalue weighted by atomic mass is 32.2. The Kier molecular flexibility index (Phi) is 5.91. The first-order valence-corrected chi connectivity index (χ1v) is 10.1. The Hall–Kier alpha value is -2.97. The van der Waals surface area contributed by atoms with E-state index in [-0.39, 0.29) is 23.9 Å². The van der Waals surface area contributed by atoms with Crippen LogP contribution in [0, 0.1) is 6.92 Å². The molecule has 3 aromatic rings. The zero-order valence-corrected chi connectivity index (χ0v) is 16.4. The predicted molar refractivity (Wildman–Crippen MR) is 105 cm³/mol. The van der Waals surface area contributed by atoms with Crippen molar-refractivity contribution in [1.29, 1.82) is 0 Å². The van der Waals surface area contributed by atoms with Crippen LogP contribution in [0.5, 0.6) is 0 Å².